The summed E-state index contributed by atoms with van der Waals surface area (Å²) in [6.45, 7) is 15.6. The Balaban J connectivity index is 2.21. The minimum absolute atomic E-state index is 0.386. The first-order valence-electron chi connectivity index (χ1n) is 8.32. The summed E-state index contributed by atoms with van der Waals surface area (Å²) in [5, 5.41) is 3.77. The summed E-state index contributed by atoms with van der Waals surface area (Å²) >= 11 is 0. The molecule has 2 nitrogen and oxygen atoms in total. The van der Waals surface area contributed by atoms with Gasteiger partial charge in [-0.15, -0.1) is 0 Å². The zero-order chi connectivity index (χ0) is 15.7. The van der Waals surface area contributed by atoms with E-state index in [1.165, 1.54) is 12.0 Å². The lowest BCUT2D eigenvalue weighted by Gasteiger charge is -2.22. The molecule has 0 radical (unpaired) electrons. The van der Waals surface area contributed by atoms with Crippen LogP contribution in [0.1, 0.15) is 59.6 Å². The van der Waals surface area contributed by atoms with E-state index in [4.69, 9.17) is 4.74 Å². The number of benzene rings is 1. The first-order chi connectivity index (χ1) is 9.86. The van der Waals surface area contributed by atoms with Gasteiger partial charge in [0.2, 0.25) is 0 Å². The highest BCUT2D eigenvalue weighted by molar-refractivity contribution is 5.32. The molecule has 1 aromatic carbocycles. The Bertz CT molecular complexity index is 447. The van der Waals surface area contributed by atoms with Gasteiger partial charge < -0.3 is 10.1 Å². The Labute approximate surface area is 130 Å². The van der Waals surface area contributed by atoms with E-state index in [0.29, 0.717) is 22.8 Å². The molecule has 2 rings (SSSR count). The summed E-state index contributed by atoms with van der Waals surface area (Å²) in [7, 11) is 0. The number of rotatable bonds is 7. The van der Waals surface area contributed by atoms with Gasteiger partial charge in [-0.25, -0.2) is 0 Å². The number of ether oxygens (including phenoxy) is 1. The number of nitrogens with one attached hydrogen (secondary N) is 1. The molecular formula is C19H31NO. The summed E-state index contributed by atoms with van der Waals surface area (Å²) in [4.78, 5) is 0. The Morgan fingerprint density at radius 2 is 1.62 bits per heavy atom. The molecule has 1 aromatic rings. The van der Waals surface area contributed by atoms with E-state index in [-0.39, 0.29) is 0 Å². The van der Waals surface area contributed by atoms with E-state index in [9.17, 15) is 0 Å². The van der Waals surface area contributed by atoms with Crippen LogP contribution in [0.25, 0.3) is 0 Å². The Morgan fingerprint density at radius 3 is 2.05 bits per heavy atom. The van der Waals surface area contributed by atoms with Crippen molar-refractivity contribution in [2.45, 2.75) is 54.0 Å². The van der Waals surface area contributed by atoms with Crippen molar-refractivity contribution in [3.63, 3.8) is 0 Å². The maximum atomic E-state index is 5.56. The fourth-order valence-electron chi connectivity index (χ4n) is 3.75. The van der Waals surface area contributed by atoms with Gasteiger partial charge in [0.05, 0.1) is 6.61 Å². The van der Waals surface area contributed by atoms with Crippen LogP contribution in [0.4, 0.5) is 0 Å². The van der Waals surface area contributed by atoms with Crippen LogP contribution in [-0.2, 0) is 0 Å². The SMILES string of the molecule is CCCNC(c1ccc(OCC)cc1)C1C(C)(C)C1(C)C. The molecule has 0 bridgehead atoms. The van der Waals surface area contributed by atoms with Gasteiger partial charge in [0.25, 0.3) is 0 Å². The lowest BCUT2D eigenvalue weighted by atomic mass is 9.96. The van der Waals surface area contributed by atoms with E-state index in [1.54, 1.807) is 0 Å². The van der Waals surface area contributed by atoms with E-state index >= 15 is 0 Å². The quantitative estimate of drug-likeness (QED) is 0.778. The molecule has 0 spiro atoms. The van der Waals surface area contributed by atoms with Crippen LogP contribution < -0.4 is 10.1 Å². The fraction of sp³-hybridized carbons (Fsp3) is 0.684. The second-order valence-electron chi connectivity index (χ2n) is 7.35. The topological polar surface area (TPSA) is 21.3 Å². The molecule has 0 heterocycles. The smallest absolute Gasteiger partial charge is 0.119 e. The average molecular weight is 289 g/mol. The Kier molecular flexibility index (Phi) is 4.67. The van der Waals surface area contributed by atoms with Gasteiger partial charge in [-0.05, 0) is 54.3 Å². The van der Waals surface area contributed by atoms with E-state index in [0.717, 1.165) is 18.9 Å². The maximum absolute atomic E-state index is 5.56. The molecular weight excluding hydrogens is 258 g/mol. The van der Waals surface area contributed by atoms with Crippen LogP contribution in [0.3, 0.4) is 0 Å². The van der Waals surface area contributed by atoms with Crippen LogP contribution in [0.15, 0.2) is 24.3 Å². The second-order valence-corrected chi connectivity index (χ2v) is 7.35. The van der Waals surface area contributed by atoms with Crippen molar-refractivity contribution >= 4 is 0 Å². The molecule has 0 saturated heterocycles. The van der Waals surface area contributed by atoms with Crippen molar-refractivity contribution in [3.8, 4) is 5.75 Å². The summed E-state index contributed by atoms with van der Waals surface area (Å²) in [5.41, 5.74) is 2.16. The Hall–Kier alpha value is -1.02. The van der Waals surface area contributed by atoms with Crippen LogP contribution in [0.2, 0.25) is 0 Å². The van der Waals surface area contributed by atoms with Crippen LogP contribution in [0, 0.1) is 16.7 Å². The monoisotopic (exact) mass is 289 g/mol. The van der Waals surface area contributed by atoms with Crippen molar-refractivity contribution in [2.24, 2.45) is 16.7 Å². The largest absolute Gasteiger partial charge is 0.494 e. The molecule has 1 saturated carbocycles. The molecule has 2 heteroatoms. The lowest BCUT2D eigenvalue weighted by Crippen LogP contribution is -2.26. The first kappa shape index (κ1) is 16.4. The minimum Gasteiger partial charge on any atom is -0.494 e. The molecule has 1 aliphatic rings. The van der Waals surface area contributed by atoms with Crippen molar-refractivity contribution in [1.82, 2.24) is 5.32 Å². The van der Waals surface area contributed by atoms with E-state index < -0.39 is 0 Å². The van der Waals surface area contributed by atoms with Gasteiger partial charge in [-0.2, -0.15) is 0 Å². The van der Waals surface area contributed by atoms with Crippen molar-refractivity contribution < 1.29 is 4.74 Å². The van der Waals surface area contributed by atoms with Gasteiger partial charge in [0.1, 0.15) is 5.75 Å². The maximum Gasteiger partial charge on any atom is 0.119 e. The van der Waals surface area contributed by atoms with Gasteiger partial charge >= 0.3 is 0 Å². The molecule has 1 aliphatic carbocycles. The van der Waals surface area contributed by atoms with Crippen LogP contribution in [-0.4, -0.2) is 13.2 Å². The number of hydrogen-bond donors (Lipinski definition) is 1. The third kappa shape index (κ3) is 2.96. The van der Waals surface area contributed by atoms with Crippen molar-refractivity contribution in [1.29, 1.82) is 0 Å². The highest BCUT2D eigenvalue weighted by Gasteiger charge is 2.67. The van der Waals surface area contributed by atoms with Crippen molar-refractivity contribution in [3.05, 3.63) is 29.8 Å². The molecule has 1 unspecified atom stereocenters. The molecule has 118 valence electrons. The summed E-state index contributed by atoms with van der Waals surface area (Å²) in [6.07, 6.45) is 1.17. The highest BCUT2D eigenvalue weighted by atomic mass is 16.5. The first-order valence-corrected chi connectivity index (χ1v) is 8.32. The third-order valence-electron chi connectivity index (χ3n) is 5.63. The van der Waals surface area contributed by atoms with Gasteiger partial charge in [-0.3, -0.25) is 0 Å². The predicted octanol–water partition coefficient (Wildman–Crippen LogP) is 4.81. The van der Waals surface area contributed by atoms with Crippen LogP contribution in [0.5, 0.6) is 5.75 Å². The molecule has 1 fully saturated rings. The molecule has 0 aliphatic heterocycles. The third-order valence-corrected chi connectivity index (χ3v) is 5.63. The van der Waals surface area contributed by atoms with Crippen molar-refractivity contribution in [2.75, 3.05) is 13.2 Å². The minimum atomic E-state index is 0.386. The van der Waals surface area contributed by atoms with E-state index in [2.05, 4.69) is 64.2 Å². The molecule has 1 N–H and O–H groups in total. The molecule has 0 aromatic heterocycles. The van der Waals surface area contributed by atoms with Crippen LogP contribution >= 0.6 is 0 Å². The fourth-order valence-corrected chi connectivity index (χ4v) is 3.75. The standard InChI is InChI=1S/C19H31NO/c1-7-13-20-16(17-18(3,4)19(17,5)6)14-9-11-15(12-10-14)21-8-2/h9-12,16-17,20H,7-8,13H2,1-6H3. The second kappa shape index (κ2) is 6.00. The lowest BCUT2D eigenvalue weighted by molar-refractivity contribution is 0.339. The summed E-state index contributed by atoms with van der Waals surface area (Å²) in [5.74, 6) is 1.64. The van der Waals surface area contributed by atoms with Gasteiger partial charge in [0, 0.05) is 6.04 Å². The van der Waals surface area contributed by atoms with Gasteiger partial charge in [-0.1, -0.05) is 46.8 Å². The summed E-state index contributed by atoms with van der Waals surface area (Å²) in [6, 6.07) is 9.08. The average Bonchev–Trinajstić information content (AvgIpc) is 2.84. The number of hydrogen-bond acceptors (Lipinski definition) is 2. The molecule has 1 atom stereocenters. The molecule has 21 heavy (non-hydrogen) atoms. The summed E-state index contributed by atoms with van der Waals surface area (Å²) < 4.78 is 5.56. The predicted molar refractivity (Wildman–Crippen MR) is 89.7 cm³/mol. The Morgan fingerprint density at radius 1 is 1.05 bits per heavy atom. The zero-order valence-corrected chi connectivity index (χ0v) is 14.5. The van der Waals surface area contributed by atoms with E-state index in [1.807, 2.05) is 6.92 Å². The zero-order valence-electron chi connectivity index (χ0n) is 14.5. The highest BCUT2D eigenvalue weighted by Crippen LogP contribution is 2.72. The molecule has 0 amide bonds. The normalized spacial score (nSPS) is 21.0. The van der Waals surface area contributed by atoms with Gasteiger partial charge in [0.15, 0.2) is 0 Å².